The predicted octanol–water partition coefficient (Wildman–Crippen LogP) is 1.43. The summed E-state index contributed by atoms with van der Waals surface area (Å²) in [6.45, 7) is 2.73. The maximum atomic E-state index is 12.2. The summed E-state index contributed by atoms with van der Waals surface area (Å²) in [6.07, 6.45) is 5.00. The molecule has 0 aliphatic heterocycles. The summed E-state index contributed by atoms with van der Waals surface area (Å²) in [4.78, 5) is 25.0. The van der Waals surface area contributed by atoms with Gasteiger partial charge in [0.1, 0.15) is 0 Å². The zero-order valence-corrected chi connectivity index (χ0v) is 12.2. The van der Waals surface area contributed by atoms with E-state index in [1.165, 1.54) is 0 Å². The van der Waals surface area contributed by atoms with Crippen molar-refractivity contribution in [3.8, 4) is 0 Å². The lowest BCUT2D eigenvalue weighted by atomic mass is 9.95. The molecule has 1 saturated carbocycles. The number of carbonyl (C=O) groups is 2. The van der Waals surface area contributed by atoms with Gasteiger partial charge in [-0.1, -0.05) is 26.2 Å². The highest BCUT2D eigenvalue weighted by Crippen LogP contribution is 2.24. The number of carboxylic acids is 1. The lowest BCUT2D eigenvalue weighted by molar-refractivity contribution is -0.142. The summed E-state index contributed by atoms with van der Waals surface area (Å²) >= 11 is 0. The Balaban J connectivity index is 2.65. The summed E-state index contributed by atoms with van der Waals surface area (Å²) in [7, 11) is 0. The third kappa shape index (κ3) is 5.00. The minimum atomic E-state index is -0.832. The van der Waals surface area contributed by atoms with Crippen LogP contribution in [-0.4, -0.2) is 52.9 Å². The third-order valence-electron chi connectivity index (χ3n) is 3.79. The summed E-state index contributed by atoms with van der Waals surface area (Å²) in [6, 6.07) is -0.570. The van der Waals surface area contributed by atoms with Crippen LogP contribution in [0.2, 0.25) is 0 Å². The van der Waals surface area contributed by atoms with Crippen LogP contribution in [0.1, 0.15) is 45.4 Å². The molecule has 0 spiro atoms. The van der Waals surface area contributed by atoms with E-state index in [2.05, 4.69) is 5.32 Å². The van der Waals surface area contributed by atoms with Crippen LogP contribution in [0.15, 0.2) is 0 Å². The first-order chi connectivity index (χ1) is 9.60. The number of hydrogen-bond acceptors (Lipinski definition) is 3. The van der Waals surface area contributed by atoms with E-state index in [0.717, 1.165) is 25.7 Å². The zero-order chi connectivity index (χ0) is 15.0. The molecule has 0 heterocycles. The van der Waals surface area contributed by atoms with Gasteiger partial charge in [0.2, 0.25) is 0 Å². The Kier molecular flexibility index (Phi) is 7.36. The first kappa shape index (κ1) is 16.8. The predicted molar refractivity (Wildman–Crippen MR) is 75.5 cm³/mol. The molecule has 6 nitrogen and oxygen atoms in total. The maximum Gasteiger partial charge on any atom is 0.317 e. The Morgan fingerprint density at radius 3 is 2.50 bits per heavy atom. The van der Waals surface area contributed by atoms with E-state index in [4.69, 9.17) is 5.11 Å². The van der Waals surface area contributed by atoms with Gasteiger partial charge in [0.05, 0.1) is 12.5 Å². The zero-order valence-electron chi connectivity index (χ0n) is 12.2. The molecule has 3 N–H and O–H groups in total. The first-order valence-electron chi connectivity index (χ1n) is 7.49. The molecule has 2 unspecified atom stereocenters. The van der Waals surface area contributed by atoms with Crippen molar-refractivity contribution in [3.05, 3.63) is 0 Å². The summed E-state index contributed by atoms with van der Waals surface area (Å²) < 4.78 is 0. The van der Waals surface area contributed by atoms with Gasteiger partial charge in [0, 0.05) is 19.1 Å². The molecular weight excluding hydrogens is 260 g/mol. The molecule has 116 valence electrons. The molecule has 1 rings (SSSR count). The van der Waals surface area contributed by atoms with Gasteiger partial charge >= 0.3 is 12.0 Å². The van der Waals surface area contributed by atoms with Crippen molar-refractivity contribution in [2.24, 2.45) is 5.92 Å². The van der Waals surface area contributed by atoms with Crippen LogP contribution in [0.4, 0.5) is 4.79 Å². The second kappa shape index (κ2) is 8.79. The number of urea groups is 1. The second-order valence-electron chi connectivity index (χ2n) is 5.35. The Hall–Kier alpha value is -1.30. The number of aliphatic carboxylic acids is 1. The fraction of sp³-hybridized carbons (Fsp3) is 0.857. The highest BCUT2D eigenvalue weighted by molar-refractivity contribution is 5.77. The second-order valence-corrected chi connectivity index (χ2v) is 5.35. The fourth-order valence-corrected chi connectivity index (χ4v) is 2.73. The Morgan fingerprint density at radius 2 is 1.90 bits per heavy atom. The normalized spacial score (nSPS) is 22.9. The highest BCUT2D eigenvalue weighted by Gasteiger charge is 2.31. The summed E-state index contributed by atoms with van der Waals surface area (Å²) in [5.74, 6) is -1.33. The number of carbonyl (C=O) groups excluding carboxylic acids is 1. The van der Waals surface area contributed by atoms with Gasteiger partial charge in [0.15, 0.2) is 0 Å². The van der Waals surface area contributed by atoms with Crippen molar-refractivity contribution in [1.29, 1.82) is 0 Å². The van der Waals surface area contributed by atoms with Crippen LogP contribution in [-0.2, 0) is 4.79 Å². The van der Waals surface area contributed by atoms with Crippen molar-refractivity contribution in [3.63, 3.8) is 0 Å². The van der Waals surface area contributed by atoms with Crippen molar-refractivity contribution in [2.75, 3.05) is 19.7 Å². The Bertz CT molecular complexity index is 316. The molecule has 0 aromatic carbocycles. The lowest BCUT2D eigenvalue weighted by Crippen LogP contribution is -2.49. The van der Waals surface area contributed by atoms with E-state index < -0.39 is 11.9 Å². The number of nitrogens with zero attached hydrogens (tertiary/aromatic N) is 1. The van der Waals surface area contributed by atoms with Gasteiger partial charge in [-0.25, -0.2) is 4.79 Å². The monoisotopic (exact) mass is 286 g/mol. The molecule has 0 bridgehead atoms. The average molecular weight is 286 g/mol. The van der Waals surface area contributed by atoms with E-state index in [0.29, 0.717) is 19.4 Å². The fourth-order valence-electron chi connectivity index (χ4n) is 2.73. The highest BCUT2D eigenvalue weighted by atomic mass is 16.4. The van der Waals surface area contributed by atoms with E-state index in [1.807, 2.05) is 6.92 Å². The number of nitrogens with one attached hydrogen (secondary N) is 1. The minimum Gasteiger partial charge on any atom is -0.481 e. The third-order valence-corrected chi connectivity index (χ3v) is 3.79. The molecule has 0 radical (unpaired) electrons. The van der Waals surface area contributed by atoms with Crippen molar-refractivity contribution < 1.29 is 19.8 Å². The molecule has 0 saturated heterocycles. The molecular formula is C14H26N2O4. The van der Waals surface area contributed by atoms with E-state index >= 15 is 0 Å². The molecule has 2 atom stereocenters. The van der Waals surface area contributed by atoms with Crippen LogP contribution in [0.25, 0.3) is 0 Å². The average Bonchev–Trinajstić information content (AvgIpc) is 2.64. The molecule has 0 aromatic heterocycles. The molecule has 20 heavy (non-hydrogen) atoms. The van der Waals surface area contributed by atoms with Gasteiger partial charge in [-0.3, -0.25) is 4.79 Å². The van der Waals surface area contributed by atoms with Gasteiger partial charge in [-0.15, -0.1) is 0 Å². The van der Waals surface area contributed by atoms with Crippen molar-refractivity contribution in [1.82, 2.24) is 10.2 Å². The number of aliphatic hydroxyl groups excluding tert-OH is 1. The van der Waals surface area contributed by atoms with Gasteiger partial charge in [0.25, 0.3) is 0 Å². The van der Waals surface area contributed by atoms with Gasteiger partial charge in [-0.2, -0.15) is 0 Å². The minimum absolute atomic E-state index is 0.0829. The quantitative estimate of drug-likeness (QED) is 0.644. The number of rotatable bonds is 6. The summed E-state index contributed by atoms with van der Waals surface area (Å²) in [5.41, 5.74) is 0. The van der Waals surface area contributed by atoms with Gasteiger partial charge in [-0.05, 0) is 19.3 Å². The molecule has 1 fully saturated rings. The van der Waals surface area contributed by atoms with Crippen molar-refractivity contribution in [2.45, 2.75) is 51.5 Å². The van der Waals surface area contributed by atoms with Crippen LogP contribution in [0.3, 0.4) is 0 Å². The van der Waals surface area contributed by atoms with Crippen LogP contribution >= 0.6 is 0 Å². The number of carboxylic acid groups (broad SMARTS) is 1. The van der Waals surface area contributed by atoms with E-state index in [-0.39, 0.29) is 25.2 Å². The molecule has 0 aromatic rings. The SMILES string of the molecule is CCCN(CCO)C(=O)NC1CCCCCC1C(=O)O. The van der Waals surface area contributed by atoms with Crippen LogP contribution < -0.4 is 5.32 Å². The standard InChI is InChI=1S/C14H26N2O4/c1-2-8-16(9-10-17)14(20)15-12-7-5-3-4-6-11(12)13(18)19/h11-12,17H,2-10H2,1H3,(H,15,20)(H,18,19). The van der Waals surface area contributed by atoms with E-state index in [1.54, 1.807) is 4.90 Å². The van der Waals surface area contributed by atoms with Crippen molar-refractivity contribution >= 4 is 12.0 Å². The van der Waals surface area contributed by atoms with E-state index in [9.17, 15) is 14.7 Å². The largest absolute Gasteiger partial charge is 0.481 e. The number of amides is 2. The Morgan fingerprint density at radius 1 is 1.20 bits per heavy atom. The van der Waals surface area contributed by atoms with Crippen LogP contribution in [0, 0.1) is 5.92 Å². The molecule has 2 amide bonds. The number of hydrogen-bond donors (Lipinski definition) is 3. The first-order valence-corrected chi connectivity index (χ1v) is 7.49. The smallest absolute Gasteiger partial charge is 0.317 e. The molecule has 1 aliphatic rings. The Labute approximate surface area is 120 Å². The van der Waals surface area contributed by atoms with Crippen LogP contribution in [0.5, 0.6) is 0 Å². The molecule has 6 heteroatoms. The van der Waals surface area contributed by atoms with Gasteiger partial charge < -0.3 is 20.4 Å². The number of aliphatic hydroxyl groups is 1. The summed E-state index contributed by atoms with van der Waals surface area (Å²) in [5, 5.41) is 21.1. The lowest BCUT2D eigenvalue weighted by Gasteiger charge is -2.28. The maximum absolute atomic E-state index is 12.2. The topological polar surface area (TPSA) is 89.9 Å². The molecule has 1 aliphatic carbocycles.